The Bertz CT molecular complexity index is 857. The number of hydrogen-bond acceptors (Lipinski definition) is 6. The maximum Gasteiger partial charge on any atom is 0.175 e. The molecule has 3 rings (SSSR count). The molecule has 0 aromatic heterocycles. The third-order valence-electron chi connectivity index (χ3n) is 5.31. The largest absolute Gasteiger partial charge is 0.493 e. The van der Waals surface area contributed by atoms with Crippen molar-refractivity contribution in [1.29, 1.82) is 0 Å². The van der Waals surface area contributed by atoms with Crippen molar-refractivity contribution in [2.45, 2.75) is 18.6 Å². The van der Waals surface area contributed by atoms with Crippen molar-refractivity contribution in [3.8, 4) is 23.0 Å². The number of likely N-dealkylation sites (N-methyl/N-ethyl adjacent to an activating group) is 1. The number of methoxy groups -OCH3 is 4. The Balaban J connectivity index is 2.09. The van der Waals surface area contributed by atoms with E-state index in [0.717, 1.165) is 29.7 Å². The highest BCUT2D eigenvalue weighted by Crippen LogP contribution is 2.47. The zero-order chi connectivity index (χ0) is 20.4. The average Bonchev–Trinajstić information content (AvgIpc) is 2.71. The lowest BCUT2D eigenvalue weighted by atomic mass is 9.86. The SMILES string of the molecule is COc1cc2c(cc1OC)[C@H]([C@@H](O)c1ccc(OC)c(OC)c1Br)N(C)CC2. The minimum Gasteiger partial charge on any atom is -0.493 e. The van der Waals surface area contributed by atoms with Crippen LogP contribution < -0.4 is 18.9 Å². The Hall–Kier alpha value is -1.96. The molecule has 0 bridgehead atoms. The molecule has 2 atom stereocenters. The van der Waals surface area contributed by atoms with Gasteiger partial charge in [0.15, 0.2) is 23.0 Å². The summed E-state index contributed by atoms with van der Waals surface area (Å²) in [6.45, 7) is 0.828. The molecule has 2 aromatic carbocycles. The molecule has 0 aliphatic carbocycles. The van der Waals surface area contributed by atoms with Crippen molar-refractivity contribution < 1.29 is 24.1 Å². The molecule has 7 heteroatoms. The Morgan fingerprint density at radius 3 is 2.25 bits per heavy atom. The normalized spacial score (nSPS) is 17.6. The van der Waals surface area contributed by atoms with Gasteiger partial charge in [-0.25, -0.2) is 0 Å². The summed E-state index contributed by atoms with van der Waals surface area (Å²) in [5.74, 6) is 2.52. The molecule has 0 radical (unpaired) electrons. The molecular formula is C21H26BrNO5. The van der Waals surface area contributed by atoms with Crippen molar-refractivity contribution in [3.05, 3.63) is 45.4 Å². The molecule has 6 nitrogen and oxygen atoms in total. The quantitative estimate of drug-likeness (QED) is 0.721. The van der Waals surface area contributed by atoms with E-state index >= 15 is 0 Å². The third kappa shape index (κ3) is 3.54. The minimum atomic E-state index is -0.781. The fraction of sp³-hybridized carbons (Fsp3) is 0.429. The second-order valence-electron chi connectivity index (χ2n) is 6.73. The highest BCUT2D eigenvalue weighted by Gasteiger charge is 2.34. The highest BCUT2D eigenvalue weighted by molar-refractivity contribution is 9.10. The van der Waals surface area contributed by atoms with E-state index in [1.807, 2.05) is 25.2 Å². The van der Waals surface area contributed by atoms with Crippen LogP contribution in [0.1, 0.15) is 28.8 Å². The Labute approximate surface area is 174 Å². The van der Waals surface area contributed by atoms with Gasteiger partial charge in [0.05, 0.1) is 45.1 Å². The smallest absolute Gasteiger partial charge is 0.175 e. The van der Waals surface area contributed by atoms with E-state index in [0.29, 0.717) is 27.5 Å². The highest BCUT2D eigenvalue weighted by atomic mass is 79.9. The Morgan fingerprint density at radius 2 is 1.64 bits per heavy atom. The first kappa shape index (κ1) is 20.8. The van der Waals surface area contributed by atoms with E-state index in [4.69, 9.17) is 18.9 Å². The lowest BCUT2D eigenvalue weighted by Gasteiger charge is -2.38. The van der Waals surface area contributed by atoms with Gasteiger partial charge in [-0.15, -0.1) is 0 Å². The van der Waals surface area contributed by atoms with Crippen LogP contribution in [0.4, 0.5) is 0 Å². The van der Waals surface area contributed by atoms with Gasteiger partial charge in [0.2, 0.25) is 0 Å². The predicted octanol–water partition coefficient (Wildman–Crippen LogP) is 3.75. The number of rotatable bonds is 6. The van der Waals surface area contributed by atoms with Gasteiger partial charge in [-0.05, 0) is 58.7 Å². The van der Waals surface area contributed by atoms with Crippen LogP contribution in [0.3, 0.4) is 0 Å². The number of fused-ring (bicyclic) bond motifs is 1. The minimum absolute atomic E-state index is 0.238. The maximum atomic E-state index is 11.4. The van der Waals surface area contributed by atoms with Crippen LogP contribution in [0.2, 0.25) is 0 Å². The topological polar surface area (TPSA) is 60.4 Å². The number of aliphatic hydroxyl groups excluding tert-OH is 1. The van der Waals surface area contributed by atoms with Gasteiger partial charge in [0, 0.05) is 12.1 Å². The predicted molar refractivity (Wildman–Crippen MR) is 111 cm³/mol. The molecule has 1 N–H and O–H groups in total. The molecule has 1 aliphatic heterocycles. The summed E-state index contributed by atoms with van der Waals surface area (Å²) in [5, 5.41) is 11.4. The van der Waals surface area contributed by atoms with Crippen molar-refractivity contribution in [3.63, 3.8) is 0 Å². The van der Waals surface area contributed by atoms with E-state index in [2.05, 4.69) is 20.8 Å². The summed E-state index contributed by atoms with van der Waals surface area (Å²) >= 11 is 3.58. The molecular weight excluding hydrogens is 426 g/mol. The van der Waals surface area contributed by atoms with Crippen molar-refractivity contribution in [2.75, 3.05) is 42.0 Å². The lowest BCUT2D eigenvalue weighted by molar-refractivity contribution is 0.0551. The first-order valence-corrected chi connectivity index (χ1v) is 9.79. The number of benzene rings is 2. The zero-order valence-electron chi connectivity index (χ0n) is 16.8. The van der Waals surface area contributed by atoms with Gasteiger partial charge < -0.3 is 24.1 Å². The van der Waals surface area contributed by atoms with Gasteiger partial charge in [-0.2, -0.15) is 0 Å². The molecule has 1 heterocycles. The standard InChI is InChI=1S/C21H26BrNO5/c1-23-9-8-12-10-16(26-3)17(27-4)11-14(12)19(23)20(24)13-6-7-15(25-2)21(28-5)18(13)22/h6-7,10-11,19-20,24H,8-9H2,1-5H3/t19-,20+/m1/s1. The van der Waals surface area contributed by atoms with Crippen LogP contribution in [0, 0.1) is 0 Å². The van der Waals surface area contributed by atoms with E-state index in [-0.39, 0.29) is 6.04 Å². The first-order chi connectivity index (χ1) is 13.5. The van der Waals surface area contributed by atoms with Gasteiger partial charge >= 0.3 is 0 Å². The molecule has 0 amide bonds. The summed E-state index contributed by atoms with van der Waals surface area (Å²) in [6.07, 6.45) is 0.0963. The van der Waals surface area contributed by atoms with Gasteiger partial charge in [-0.1, -0.05) is 6.07 Å². The van der Waals surface area contributed by atoms with Crippen LogP contribution in [0.15, 0.2) is 28.7 Å². The fourth-order valence-corrected chi connectivity index (χ4v) is 4.54. The van der Waals surface area contributed by atoms with E-state index in [1.54, 1.807) is 34.5 Å². The molecule has 0 saturated heterocycles. The molecule has 1 aliphatic rings. The molecule has 0 saturated carbocycles. The fourth-order valence-electron chi connectivity index (χ4n) is 3.82. The summed E-state index contributed by atoms with van der Waals surface area (Å²) < 4.78 is 22.4. The summed E-state index contributed by atoms with van der Waals surface area (Å²) in [5.41, 5.74) is 2.91. The molecule has 0 fully saturated rings. The van der Waals surface area contributed by atoms with E-state index in [9.17, 15) is 5.11 Å². The number of halogens is 1. The van der Waals surface area contributed by atoms with Gasteiger partial charge in [0.1, 0.15) is 0 Å². The number of aliphatic hydroxyl groups is 1. The number of hydrogen-bond donors (Lipinski definition) is 1. The van der Waals surface area contributed by atoms with E-state index < -0.39 is 6.10 Å². The van der Waals surface area contributed by atoms with Crippen molar-refractivity contribution in [2.24, 2.45) is 0 Å². The molecule has 0 spiro atoms. The van der Waals surface area contributed by atoms with Crippen LogP contribution in [0.25, 0.3) is 0 Å². The molecule has 152 valence electrons. The molecule has 28 heavy (non-hydrogen) atoms. The monoisotopic (exact) mass is 451 g/mol. The van der Waals surface area contributed by atoms with Gasteiger partial charge in [0.25, 0.3) is 0 Å². The summed E-state index contributed by atoms with van der Waals surface area (Å²) in [7, 11) is 8.44. The maximum absolute atomic E-state index is 11.4. The summed E-state index contributed by atoms with van der Waals surface area (Å²) in [4.78, 5) is 2.15. The van der Waals surface area contributed by atoms with Crippen molar-refractivity contribution >= 4 is 15.9 Å². The summed E-state index contributed by atoms with van der Waals surface area (Å²) in [6, 6.07) is 7.40. The second-order valence-corrected chi connectivity index (χ2v) is 7.52. The third-order valence-corrected chi connectivity index (χ3v) is 6.12. The van der Waals surface area contributed by atoms with Crippen LogP contribution in [-0.4, -0.2) is 52.0 Å². The Kier molecular flexibility index (Phi) is 6.37. The molecule has 2 aromatic rings. The first-order valence-electron chi connectivity index (χ1n) is 9.00. The second kappa shape index (κ2) is 8.59. The number of nitrogens with zero attached hydrogens (tertiary/aromatic N) is 1. The van der Waals surface area contributed by atoms with Crippen LogP contribution in [0.5, 0.6) is 23.0 Å². The Morgan fingerprint density at radius 1 is 1.00 bits per heavy atom. The average molecular weight is 452 g/mol. The molecule has 0 unspecified atom stereocenters. The van der Waals surface area contributed by atoms with E-state index in [1.165, 1.54) is 0 Å². The lowest BCUT2D eigenvalue weighted by Crippen LogP contribution is -2.36. The zero-order valence-corrected chi connectivity index (χ0v) is 18.4. The van der Waals surface area contributed by atoms with Gasteiger partial charge in [-0.3, -0.25) is 4.90 Å². The van der Waals surface area contributed by atoms with Crippen LogP contribution in [-0.2, 0) is 6.42 Å². The van der Waals surface area contributed by atoms with Crippen molar-refractivity contribution in [1.82, 2.24) is 4.90 Å². The number of ether oxygens (including phenoxy) is 4. The van der Waals surface area contributed by atoms with Crippen LogP contribution >= 0.6 is 15.9 Å².